The molecule has 3 N–H and O–H groups in total. The van der Waals surface area contributed by atoms with Gasteiger partial charge >= 0.3 is 5.97 Å². The Balaban J connectivity index is 1.43. The van der Waals surface area contributed by atoms with Crippen molar-refractivity contribution in [2.45, 2.75) is 13.2 Å². The van der Waals surface area contributed by atoms with Crippen LogP contribution in [0.15, 0.2) is 59.4 Å². The average Bonchev–Trinajstić information content (AvgIpc) is 2.75. The van der Waals surface area contributed by atoms with Crippen LogP contribution in [0.3, 0.4) is 0 Å². The fourth-order valence-electron chi connectivity index (χ4n) is 2.65. The lowest BCUT2D eigenvalue weighted by Crippen LogP contribution is -2.28. The van der Waals surface area contributed by atoms with Crippen molar-refractivity contribution < 1.29 is 9.53 Å². The molecular formula is C19H16N8O3. The molecule has 0 saturated carbocycles. The van der Waals surface area contributed by atoms with Crippen LogP contribution >= 0.6 is 0 Å². The largest absolute Gasteiger partial charge is 0.456 e. The SMILES string of the molecule is Nc1nc(COC(=O)Cn2nnc3ccccc3c2=O)nc(Nc2ccccc2)n1. The minimum Gasteiger partial charge on any atom is -0.456 e. The number of nitrogens with one attached hydrogen (secondary N) is 1. The summed E-state index contributed by atoms with van der Waals surface area (Å²) < 4.78 is 6.10. The van der Waals surface area contributed by atoms with E-state index in [4.69, 9.17) is 10.5 Å². The second-order valence-corrected chi connectivity index (χ2v) is 6.15. The monoisotopic (exact) mass is 404 g/mol. The number of fused-ring (bicyclic) bond motifs is 1. The molecule has 0 radical (unpaired) electrons. The Morgan fingerprint density at radius 3 is 2.63 bits per heavy atom. The van der Waals surface area contributed by atoms with E-state index in [-0.39, 0.29) is 24.3 Å². The van der Waals surface area contributed by atoms with Gasteiger partial charge in [-0.2, -0.15) is 19.6 Å². The fourth-order valence-corrected chi connectivity index (χ4v) is 2.65. The van der Waals surface area contributed by atoms with Crippen LogP contribution in [0.2, 0.25) is 0 Å². The van der Waals surface area contributed by atoms with Crippen LogP contribution < -0.4 is 16.6 Å². The minimum absolute atomic E-state index is 0.0221. The molecule has 0 aliphatic carbocycles. The normalized spacial score (nSPS) is 10.7. The van der Waals surface area contributed by atoms with Crippen molar-refractivity contribution in [2.75, 3.05) is 11.1 Å². The van der Waals surface area contributed by atoms with Crippen molar-refractivity contribution >= 4 is 34.5 Å². The maximum atomic E-state index is 12.4. The highest BCUT2D eigenvalue weighted by Crippen LogP contribution is 2.13. The van der Waals surface area contributed by atoms with Crippen LogP contribution in [-0.2, 0) is 22.7 Å². The number of nitrogens with zero attached hydrogens (tertiary/aromatic N) is 6. The molecular weight excluding hydrogens is 388 g/mol. The first kappa shape index (κ1) is 18.9. The van der Waals surface area contributed by atoms with Gasteiger partial charge in [-0.25, -0.2) is 0 Å². The van der Waals surface area contributed by atoms with E-state index in [0.29, 0.717) is 10.9 Å². The predicted molar refractivity (Wildman–Crippen MR) is 108 cm³/mol. The highest BCUT2D eigenvalue weighted by atomic mass is 16.5. The third-order valence-electron chi connectivity index (χ3n) is 4.00. The summed E-state index contributed by atoms with van der Waals surface area (Å²) in [5.74, 6) is -0.341. The molecule has 150 valence electrons. The van der Waals surface area contributed by atoms with Gasteiger partial charge in [-0.3, -0.25) is 9.59 Å². The van der Waals surface area contributed by atoms with Crippen molar-refractivity contribution in [3.8, 4) is 0 Å². The molecule has 0 saturated heterocycles. The lowest BCUT2D eigenvalue weighted by Gasteiger charge is -2.08. The lowest BCUT2D eigenvalue weighted by molar-refractivity contribution is -0.146. The lowest BCUT2D eigenvalue weighted by atomic mass is 10.2. The van der Waals surface area contributed by atoms with Crippen molar-refractivity contribution in [1.29, 1.82) is 0 Å². The van der Waals surface area contributed by atoms with Gasteiger partial charge in [0.2, 0.25) is 11.9 Å². The van der Waals surface area contributed by atoms with E-state index in [2.05, 4.69) is 30.6 Å². The standard InChI is InChI=1S/C19H16N8O3/c20-18-22-15(23-19(24-18)21-12-6-2-1-3-7-12)11-30-16(28)10-27-17(29)13-8-4-5-9-14(13)25-26-27/h1-9H,10-11H2,(H3,20,21,22,23,24). The minimum atomic E-state index is -0.696. The number of benzene rings is 2. The molecule has 0 atom stereocenters. The smallest absolute Gasteiger partial charge is 0.328 e. The topological polar surface area (TPSA) is 151 Å². The van der Waals surface area contributed by atoms with Crippen molar-refractivity contribution in [1.82, 2.24) is 29.9 Å². The number of hydrogen-bond acceptors (Lipinski definition) is 10. The van der Waals surface area contributed by atoms with Crippen LogP contribution in [-0.4, -0.2) is 35.9 Å². The molecule has 2 aromatic carbocycles. The number of aromatic nitrogens is 6. The van der Waals surface area contributed by atoms with E-state index in [1.165, 1.54) is 0 Å². The Bertz CT molecular complexity index is 1260. The first-order chi connectivity index (χ1) is 14.6. The summed E-state index contributed by atoms with van der Waals surface area (Å²) in [6.45, 7) is -0.642. The molecule has 0 unspecified atom stereocenters. The van der Waals surface area contributed by atoms with Crippen LogP contribution in [0.5, 0.6) is 0 Å². The Morgan fingerprint density at radius 1 is 1.03 bits per heavy atom. The third kappa shape index (κ3) is 4.35. The second kappa shape index (κ2) is 8.31. The van der Waals surface area contributed by atoms with Crippen LogP contribution in [0.25, 0.3) is 10.9 Å². The molecule has 0 aliphatic heterocycles. The predicted octanol–water partition coefficient (Wildman–Crippen LogP) is 1.05. The molecule has 2 aromatic heterocycles. The fraction of sp³-hybridized carbons (Fsp3) is 0.105. The van der Waals surface area contributed by atoms with Crippen LogP contribution in [0, 0.1) is 0 Å². The molecule has 0 bridgehead atoms. The number of para-hydroxylation sites is 1. The summed E-state index contributed by atoms with van der Waals surface area (Å²) in [5.41, 5.74) is 6.49. The molecule has 11 nitrogen and oxygen atoms in total. The van der Waals surface area contributed by atoms with Gasteiger partial charge in [0, 0.05) is 5.69 Å². The molecule has 11 heteroatoms. The highest BCUT2D eigenvalue weighted by molar-refractivity contribution is 5.77. The molecule has 0 fully saturated rings. The summed E-state index contributed by atoms with van der Waals surface area (Å²) >= 11 is 0. The second-order valence-electron chi connectivity index (χ2n) is 6.15. The van der Waals surface area contributed by atoms with E-state index in [1.54, 1.807) is 24.3 Å². The summed E-state index contributed by atoms with van der Waals surface area (Å²) in [6, 6.07) is 16.0. The Hall–Kier alpha value is -4.41. The number of hydrogen-bond donors (Lipinski definition) is 2. The van der Waals surface area contributed by atoms with Gasteiger partial charge in [0.1, 0.15) is 12.1 Å². The van der Waals surface area contributed by atoms with Gasteiger partial charge in [0.15, 0.2) is 12.4 Å². The third-order valence-corrected chi connectivity index (χ3v) is 4.00. The Kier molecular flexibility index (Phi) is 5.24. The summed E-state index contributed by atoms with van der Waals surface area (Å²) in [6.07, 6.45) is 0. The van der Waals surface area contributed by atoms with Crippen LogP contribution in [0.4, 0.5) is 17.6 Å². The number of esters is 1. The van der Waals surface area contributed by atoms with Gasteiger partial charge in [0.05, 0.1) is 5.39 Å². The molecule has 30 heavy (non-hydrogen) atoms. The Labute approximate surface area is 169 Å². The molecule has 2 heterocycles. The van der Waals surface area contributed by atoms with E-state index >= 15 is 0 Å². The molecule has 0 aliphatic rings. The molecule has 0 amide bonds. The average molecular weight is 404 g/mol. The van der Waals surface area contributed by atoms with E-state index in [0.717, 1.165) is 10.4 Å². The molecule has 4 rings (SSSR count). The zero-order valence-corrected chi connectivity index (χ0v) is 15.6. The maximum absolute atomic E-state index is 12.4. The molecule has 4 aromatic rings. The zero-order valence-electron chi connectivity index (χ0n) is 15.6. The van der Waals surface area contributed by atoms with Crippen molar-refractivity contribution in [2.24, 2.45) is 0 Å². The van der Waals surface area contributed by atoms with E-state index in [9.17, 15) is 9.59 Å². The first-order valence-corrected chi connectivity index (χ1v) is 8.89. The van der Waals surface area contributed by atoms with Gasteiger partial charge in [-0.05, 0) is 24.3 Å². The quantitative estimate of drug-likeness (QED) is 0.446. The van der Waals surface area contributed by atoms with Crippen LogP contribution in [0.1, 0.15) is 5.82 Å². The number of rotatable bonds is 6. The highest BCUT2D eigenvalue weighted by Gasteiger charge is 2.12. The number of ether oxygens (including phenoxy) is 1. The summed E-state index contributed by atoms with van der Waals surface area (Å²) in [5, 5.41) is 11.0. The molecule has 0 spiro atoms. The maximum Gasteiger partial charge on any atom is 0.328 e. The van der Waals surface area contributed by atoms with Crippen molar-refractivity contribution in [3.63, 3.8) is 0 Å². The van der Waals surface area contributed by atoms with E-state index in [1.807, 2.05) is 30.3 Å². The van der Waals surface area contributed by atoms with Gasteiger partial charge in [-0.1, -0.05) is 35.5 Å². The first-order valence-electron chi connectivity index (χ1n) is 8.89. The van der Waals surface area contributed by atoms with E-state index < -0.39 is 18.1 Å². The van der Waals surface area contributed by atoms with Crippen molar-refractivity contribution in [3.05, 3.63) is 70.8 Å². The number of carbonyl (C=O) groups excluding carboxylic acids is 1. The number of nitrogen functional groups attached to an aromatic ring is 1. The van der Waals surface area contributed by atoms with Gasteiger partial charge in [0.25, 0.3) is 5.56 Å². The number of carbonyl (C=O) groups is 1. The summed E-state index contributed by atoms with van der Waals surface area (Å²) in [4.78, 5) is 36.7. The number of anilines is 3. The number of nitrogens with two attached hydrogens (primary N) is 1. The van der Waals surface area contributed by atoms with Gasteiger partial charge < -0.3 is 15.8 Å². The zero-order chi connectivity index (χ0) is 20.9. The Morgan fingerprint density at radius 2 is 1.80 bits per heavy atom. The van der Waals surface area contributed by atoms with Gasteiger partial charge in [-0.15, -0.1) is 5.10 Å². The summed E-state index contributed by atoms with van der Waals surface area (Å²) in [7, 11) is 0.